The summed E-state index contributed by atoms with van der Waals surface area (Å²) in [5.74, 6) is -1.18. The zero-order chi connectivity index (χ0) is 13.2. The van der Waals surface area contributed by atoms with Gasteiger partial charge in [-0.2, -0.15) is 13.2 Å². The highest BCUT2D eigenvalue weighted by molar-refractivity contribution is 5.26. The first kappa shape index (κ1) is 13.4. The SMILES string of the molecule is NCc1ccccc1CN1CCC(C(F)(F)F)C1. The zero-order valence-electron chi connectivity index (χ0n) is 10.1. The fourth-order valence-electron chi connectivity index (χ4n) is 2.40. The molecule has 1 aromatic rings. The third-order valence-electron chi connectivity index (χ3n) is 3.47. The maximum Gasteiger partial charge on any atom is 0.393 e. The molecular formula is C13H17F3N2. The van der Waals surface area contributed by atoms with Crippen molar-refractivity contribution in [2.24, 2.45) is 11.7 Å². The molecule has 18 heavy (non-hydrogen) atoms. The van der Waals surface area contributed by atoms with Gasteiger partial charge in [0.1, 0.15) is 0 Å². The van der Waals surface area contributed by atoms with Crippen LogP contribution in [0.1, 0.15) is 17.5 Å². The van der Waals surface area contributed by atoms with E-state index in [0.717, 1.165) is 11.1 Å². The fourth-order valence-corrected chi connectivity index (χ4v) is 2.40. The molecule has 1 aliphatic rings. The van der Waals surface area contributed by atoms with Gasteiger partial charge < -0.3 is 5.73 Å². The second-order valence-corrected chi connectivity index (χ2v) is 4.74. The smallest absolute Gasteiger partial charge is 0.326 e. The van der Waals surface area contributed by atoms with E-state index in [9.17, 15) is 13.2 Å². The Kier molecular flexibility index (Phi) is 3.92. The van der Waals surface area contributed by atoms with Crippen molar-refractivity contribution in [1.29, 1.82) is 0 Å². The van der Waals surface area contributed by atoms with Crippen LogP contribution in [0, 0.1) is 5.92 Å². The summed E-state index contributed by atoms with van der Waals surface area (Å²) in [4.78, 5) is 1.85. The van der Waals surface area contributed by atoms with Crippen LogP contribution in [0.15, 0.2) is 24.3 Å². The summed E-state index contributed by atoms with van der Waals surface area (Å²) in [5, 5.41) is 0. The Labute approximate surface area is 105 Å². The van der Waals surface area contributed by atoms with Gasteiger partial charge >= 0.3 is 6.18 Å². The molecule has 0 bridgehead atoms. The molecule has 0 radical (unpaired) electrons. The number of nitrogens with two attached hydrogens (primary N) is 1. The molecular weight excluding hydrogens is 241 g/mol. The molecule has 0 aromatic heterocycles. The van der Waals surface area contributed by atoms with Gasteiger partial charge in [-0.3, -0.25) is 4.90 Å². The van der Waals surface area contributed by atoms with Crippen LogP contribution in [0.25, 0.3) is 0 Å². The van der Waals surface area contributed by atoms with Crippen LogP contribution in [-0.4, -0.2) is 24.2 Å². The maximum absolute atomic E-state index is 12.6. The van der Waals surface area contributed by atoms with E-state index >= 15 is 0 Å². The van der Waals surface area contributed by atoms with Crippen LogP contribution < -0.4 is 5.73 Å². The summed E-state index contributed by atoms with van der Waals surface area (Å²) in [6, 6.07) is 7.65. The Morgan fingerprint density at radius 1 is 1.22 bits per heavy atom. The van der Waals surface area contributed by atoms with Crippen LogP contribution in [0.2, 0.25) is 0 Å². The lowest BCUT2D eigenvalue weighted by atomic mass is 10.1. The molecule has 1 heterocycles. The van der Waals surface area contributed by atoms with Crippen LogP contribution >= 0.6 is 0 Å². The largest absolute Gasteiger partial charge is 0.393 e. The molecule has 100 valence electrons. The van der Waals surface area contributed by atoms with Crippen LogP contribution in [0.4, 0.5) is 13.2 Å². The predicted molar refractivity (Wildman–Crippen MR) is 63.8 cm³/mol. The minimum atomic E-state index is -4.07. The second-order valence-electron chi connectivity index (χ2n) is 4.74. The number of alkyl halides is 3. The standard InChI is InChI=1S/C13H17F3N2/c14-13(15,16)12-5-6-18(9-12)8-11-4-2-1-3-10(11)7-17/h1-4,12H,5-9,17H2. The first-order chi connectivity index (χ1) is 8.50. The summed E-state index contributed by atoms with van der Waals surface area (Å²) >= 11 is 0. The van der Waals surface area contributed by atoms with Crippen LogP contribution in [0.5, 0.6) is 0 Å². The Bertz CT molecular complexity index is 403. The summed E-state index contributed by atoms with van der Waals surface area (Å²) in [5.41, 5.74) is 7.66. The maximum atomic E-state index is 12.6. The summed E-state index contributed by atoms with van der Waals surface area (Å²) in [6.45, 7) is 1.58. The van der Waals surface area contributed by atoms with Crippen molar-refractivity contribution in [3.63, 3.8) is 0 Å². The molecule has 2 rings (SSSR count). The third-order valence-corrected chi connectivity index (χ3v) is 3.47. The molecule has 1 fully saturated rings. The van der Waals surface area contributed by atoms with Crippen molar-refractivity contribution < 1.29 is 13.2 Å². The van der Waals surface area contributed by atoms with E-state index in [1.807, 2.05) is 29.2 Å². The number of halogens is 3. The Morgan fingerprint density at radius 2 is 1.89 bits per heavy atom. The van der Waals surface area contributed by atoms with Crippen molar-refractivity contribution in [1.82, 2.24) is 4.90 Å². The molecule has 1 unspecified atom stereocenters. The van der Waals surface area contributed by atoms with Crippen molar-refractivity contribution in [3.05, 3.63) is 35.4 Å². The van der Waals surface area contributed by atoms with Crippen LogP contribution in [-0.2, 0) is 13.1 Å². The van der Waals surface area contributed by atoms with Gasteiger partial charge in [0.25, 0.3) is 0 Å². The molecule has 2 nitrogen and oxygen atoms in total. The number of likely N-dealkylation sites (tertiary alicyclic amines) is 1. The van der Waals surface area contributed by atoms with E-state index in [-0.39, 0.29) is 13.0 Å². The van der Waals surface area contributed by atoms with Crippen molar-refractivity contribution >= 4 is 0 Å². The topological polar surface area (TPSA) is 29.3 Å². The lowest BCUT2D eigenvalue weighted by Gasteiger charge is -2.19. The molecule has 1 aliphatic heterocycles. The molecule has 0 saturated carbocycles. The van der Waals surface area contributed by atoms with Crippen molar-refractivity contribution in [2.75, 3.05) is 13.1 Å². The number of benzene rings is 1. The van der Waals surface area contributed by atoms with Gasteiger partial charge in [0, 0.05) is 19.6 Å². The Morgan fingerprint density at radius 3 is 2.44 bits per heavy atom. The predicted octanol–water partition coefficient (Wildman–Crippen LogP) is 2.53. The molecule has 2 N–H and O–H groups in total. The number of rotatable bonds is 3. The molecule has 0 spiro atoms. The lowest BCUT2D eigenvalue weighted by molar-refractivity contribution is -0.170. The third kappa shape index (κ3) is 3.03. The molecule has 0 aliphatic carbocycles. The summed E-state index contributed by atoms with van der Waals surface area (Å²) < 4.78 is 37.7. The number of hydrogen-bond donors (Lipinski definition) is 1. The molecule has 1 saturated heterocycles. The van der Waals surface area contributed by atoms with E-state index in [0.29, 0.717) is 19.6 Å². The second kappa shape index (κ2) is 5.28. The van der Waals surface area contributed by atoms with Crippen molar-refractivity contribution in [2.45, 2.75) is 25.7 Å². The average molecular weight is 258 g/mol. The van der Waals surface area contributed by atoms with Gasteiger partial charge in [-0.1, -0.05) is 24.3 Å². The normalized spacial score (nSPS) is 21.4. The molecule has 0 amide bonds. The monoisotopic (exact) mass is 258 g/mol. The van der Waals surface area contributed by atoms with E-state index in [4.69, 9.17) is 5.73 Å². The summed E-state index contributed by atoms with van der Waals surface area (Å²) in [6.07, 6.45) is -3.86. The highest BCUT2D eigenvalue weighted by atomic mass is 19.4. The van der Waals surface area contributed by atoms with E-state index in [1.165, 1.54) is 0 Å². The van der Waals surface area contributed by atoms with Gasteiger partial charge in [0.2, 0.25) is 0 Å². The van der Waals surface area contributed by atoms with Gasteiger partial charge in [-0.15, -0.1) is 0 Å². The first-order valence-corrected chi connectivity index (χ1v) is 6.06. The minimum Gasteiger partial charge on any atom is -0.326 e. The fraction of sp³-hybridized carbons (Fsp3) is 0.538. The Hall–Kier alpha value is -1.07. The lowest BCUT2D eigenvalue weighted by Crippen LogP contribution is -2.27. The zero-order valence-corrected chi connectivity index (χ0v) is 10.1. The molecule has 1 atom stereocenters. The first-order valence-electron chi connectivity index (χ1n) is 6.06. The van der Waals surface area contributed by atoms with E-state index < -0.39 is 12.1 Å². The van der Waals surface area contributed by atoms with E-state index in [1.54, 1.807) is 0 Å². The van der Waals surface area contributed by atoms with Crippen molar-refractivity contribution in [3.8, 4) is 0 Å². The van der Waals surface area contributed by atoms with Gasteiger partial charge in [-0.25, -0.2) is 0 Å². The van der Waals surface area contributed by atoms with Gasteiger partial charge in [-0.05, 0) is 24.1 Å². The molecule has 5 heteroatoms. The molecule has 1 aromatic carbocycles. The van der Waals surface area contributed by atoms with Gasteiger partial charge in [0.05, 0.1) is 5.92 Å². The number of nitrogens with zero attached hydrogens (tertiary/aromatic N) is 1. The number of hydrogen-bond acceptors (Lipinski definition) is 2. The highest BCUT2D eigenvalue weighted by Gasteiger charge is 2.43. The van der Waals surface area contributed by atoms with Crippen LogP contribution in [0.3, 0.4) is 0 Å². The summed E-state index contributed by atoms with van der Waals surface area (Å²) in [7, 11) is 0. The van der Waals surface area contributed by atoms with E-state index in [2.05, 4.69) is 0 Å². The quantitative estimate of drug-likeness (QED) is 0.902. The van der Waals surface area contributed by atoms with Gasteiger partial charge in [0.15, 0.2) is 0 Å². The Balaban J connectivity index is 1.99. The average Bonchev–Trinajstić information content (AvgIpc) is 2.78. The highest BCUT2D eigenvalue weighted by Crippen LogP contribution is 2.34. The minimum absolute atomic E-state index is 0.0996.